The van der Waals surface area contributed by atoms with Crippen molar-refractivity contribution in [3.05, 3.63) is 70.9 Å². The molecule has 1 aromatic heterocycles. The minimum absolute atomic E-state index is 0.147. The lowest BCUT2D eigenvalue weighted by Gasteiger charge is -1.97. The van der Waals surface area contributed by atoms with Crippen LogP contribution in [0.5, 0.6) is 0 Å². The molecule has 2 aromatic rings. The third-order valence-corrected chi connectivity index (χ3v) is 2.97. The number of hydrogen-bond acceptors (Lipinski definition) is 4. The van der Waals surface area contributed by atoms with Gasteiger partial charge in [0.05, 0.1) is 4.92 Å². The monoisotopic (exact) mass is 337 g/mol. The number of aromatic nitrogens is 2. The molecule has 0 atom stereocenters. The molecule has 2 rings (SSSR count). The van der Waals surface area contributed by atoms with Gasteiger partial charge in [-0.05, 0) is 23.8 Å². The molecular formula is C12H8BrN3O4. The maximum Gasteiger partial charge on any atom is 0.357 e. The fourth-order valence-electron chi connectivity index (χ4n) is 1.55. The van der Waals surface area contributed by atoms with Crippen LogP contribution < -0.4 is 11.2 Å². The van der Waals surface area contributed by atoms with Crippen LogP contribution in [-0.2, 0) is 0 Å². The van der Waals surface area contributed by atoms with E-state index in [0.717, 1.165) is 10.0 Å². The number of aromatic amines is 2. The summed E-state index contributed by atoms with van der Waals surface area (Å²) < 4.78 is 0.894. The molecule has 0 aliphatic carbocycles. The molecule has 0 unspecified atom stereocenters. The van der Waals surface area contributed by atoms with Crippen LogP contribution in [-0.4, -0.2) is 14.9 Å². The zero-order valence-corrected chi connectivity index (χ0v) is 11.5. The van der Waals surface area contributed by atoms with E-state index in [1.165, 1.54) is 6.08 Å². The highest BCUT2D eigenvalue weighted by Crippen LogP contribution is 2.15. The molecule has 20 heavy (non-hydrogen) atoms. The quantitative estimate of drug-likeness (QED) is 0.658. The number of halogens is 1. The van der Waals surface area contributed by atoms with Crippen molar-refractivity contribution in [1.29, 1.82) is 0 Å². The molecule has 0 spiro atoms. The van der Waals surface area contributed by atoms with E-state index in [9.17, 15) is 19.7 Å². The second-order valence-electron chi connectivity index (χ2n) is 3.81. The summed E-state index contributed by atoms with van der Waals surface area (Å²) in [5, 5.41) is 10.8. The number of benzene rings is 1. The Morgan fingerprint density at radius 2 is 1.75 bits per heavy atom. The van der Waals surface area contributed by atoms with Gasteiger partial charge >= 0.3 is 16.9 Å². The molecule has 7 nitrogen and oxygen atoms in total. The molecule has 1 heterocycles. The van der Waals surface area contributed by atoms with Gasteiger partial charge in [-0.25, -0.2) is 4.79 Å². The predicted molar refractivity (Wildman–Crippen MR) is 77.4 cm³/mol. The van der Waals surface area contributed by atoms with Crippen LogP contribution in [0.1, 0.15) is 11.3 Å². The average Bonchev–Trinajstić information content (AvgIpc) is 2.36. The van der Waals surface area contributed by atoms with Gasteiger partial charge in [0.25, 0.3) is 0 Å². The second-order valence-corrected chi connectivity index (χ2v) is 4.73. The average molecular weight is 338 g/mol. The fraction of sp³-hybridized carbons (Fsp3) is 0. The second kappa shape index (κ2) is 5.66. The molecule has 102 valence electrons. The van der Waals surface area contributed by atoms with Gasteiger partial charge in [0, 0.05) is 4.47 Å². The van der Waals surface area contributed by atoms with Gasteiger partial charge < -0.3 is 4.98 Å². The minimum Gasteiger partial charge on any atom is -0.301 e. The van der Waals surface area contributed by atoms with E-state index < -0.39 is 21.9 Å². The van der Waals surface area contributed by atoms with Crippen molar-refractivity contribution in [1.82, 2.24) is 9.97 Å². The molecule has 0 aliphatic rings. The van der Waals surface area contributed by atoms with Gasteiger partial charge in [0.2, 0.25) is 0 Å². The predicted octanol–water partition coefficient (Wildman–Crippen LogP) is 1.90. The SMILES string of the molecule is O=c1[nH]c(/C=C\c2ccc(Br)cc2)c([N+](=O)[O-])c(=O)[nH]1. The van der Waals surface area contributed by atoms with E-state index in [1.54, 1.807) is 30.3 Å². The highest BCUT2D eigenvalue weighted by atomic mass is 79.9. The first-order valence-electron chi connectivity index (χ1n) is 5.42. The summed E-state index contributed by atoms with van der Waals surface area (Å²) in [5.41, 5.74) is -1.90. The molecule has 1 aromatic carbocycles. The van der Waals surface area contributed by atoms with Crippen LogP contribution in [0.2, 0.25) is 0 Å². The largest absolute Gasteiger partial charge is 0.357 e. The van der Waals surface area contributed by atoms with E-state index in [0.29, 0.717) is 0 Å². The van der Waals surface area contributed by atoms with Gasteiger partial charge in [0.15, 0.2) is 0 Å². The summed E-state index contributed by atoms with van der Waals surface area (Å²) in [6, 6.07) is 7.15. The molecular weight excluding hydrogens is 330 g/mol. The maximum absolute atomic E-state index is 11.4. The summed E-state index contributed by atoms with van der Waals surface area (Å²) in [6.45, 7) is 0. The van der Waals surface area contributed by atoms with Gasteiger partial charge in [-0.3, -0.25) is 19.9 Å². The van der Waals surface area contributed by atoms with E-state index in [1.807, 2.05) is 4.98 Å². The Morgan fingerprint density at radius 1 is 1.10 bits per heavy atom. The number of hydrogen-bond donors (Lipinski definition) is 2. The molecule has 8 heteroatoms. The maximum atomic E-state index is 11.4. The van der Waals surface area contributed by atoms with Gasteiger partial charge in [0.1, 0.15) is 5.69 Å². The molecule has 0 saturated heterocycles. The summed E-state index contributed by atoms with van der Waals surface area (Å²) in [4.78, 5) is 36.6. The molecule has 0 saturated carbocycles. The van der Waals surface area contributed by atoms with Crippen molar-refractivity contribution in [2.24, 2.45) is 0 Å². The summed E-state index contributed by atoms with van der Waals surface area (Å²) in [6.07, 6.45) is 2.88. The Kier molecular flexibility index (Phi) is 3.94. The highest BCUT2D eigenvalue weighted by molar-refractivity contribution is 9.10. The van der Waals surface area contributed by atoms with Crippen molar-refractivity contribution in [3.8, 4) is 0 Å². The number of rotatable bonds is 3. The van der Waals surface area contributed by atoms with Gasteiger partial charge in [-0.15, -0.1) is 0 Å². The number of nitrogens with zero attached hydrogens (tertiary/aromatic N) is 1. The number of nitrogens with one attached hydrogen (secondary N) is 2. The van der Waals surface area contributed by atoms with Crippen molar-refractivity contribution < 1.29 is 4.92 Å². The zero-order chi connectivity index (χ0) is 14.7. The van der Waals surface area contributed by atoms with Crippen molar-refractivity contribution in [3.63, 3.8) is 0 Å². The molecule has 2 N–H and O–H groups in total. The highest BCUT2D eigenvalue weighted by Gasteiger charge is 2.18. The molecule has 0 bridgehead atoms. The Hall–Kier alpha value is -2.48. The lowest BCUT2D eigenvalue weighted by atomic mass is 10.2. The Labute approximate surface area is 120 Å². The Morgan fingerprint density at radius 3 is 2.35 bits per heavy atom. The molecule has 0 fully saturated rings. The third kappa shape index (κ3) is 3.09. The van der Waals surface area contributed by atoms with E-state index in [2.05, 4.69) is 20.9 Å². The number of H-pyrrole nitrogens is 2. The van der Waals surface area contributed by atoms with Gasteiger partial charge in [-0.2, -0.15) is 0 Å². The van der Waals surface area contributed by atoms with E-state index in [4.69, 9.17) is 0 Å². The molecule has 0 amide bonds. The molecule has 0 aliphatic heterocycles. The lowest BCUT2D eigenvalue weighted by Crippen LogP contribution is -2.25. The minimum atomic E-state index is -1.03. The van der Waals surface area contributed by atoms with Crippen LogP contribution in [0.4, 0.5) is 5.69 Å². The van der Waals surface area contributed by atoms with Crippen LogP contribution in [0.3, 0.4) is 0 Å². The van der Waals surface area contributed by atoms with Crippen LogP contribution in [0.25, 0.3) is 12.2 Å². The smallest absolute Gasteiger partial charge is 0.301 e. The summed E-state index contributed by atoms with van der Waals surface area (Å²) >= 11 is 3.28. The van der Waals surface area contributed by atoms with Gasteiger partial charge in [-0.1, -0.05) is 34.1 Å². The zero-order valence-electron chi connectivity index (χ0n) is 9.92. The normalized spacial score (nSPS) is 10.8. The van der Waals surface area contributed by atoms with E-state index in [-0.39, 0.29) is 5.69 Å². The standard InChI is InChI=1S/C12H8BrN3O4/c13-8-4-1-7(2-5-8)3-6-9-10(16(19)20)11(17)15-12(18)14-9/h1-6H,(H2,14,15,17,18)/b6-3-. The summed E-state index contributed by atoms with van der Waals surface area (Å²) in [5.74, 6) is 0. The van der Waals surface area contributed by atoms with E-state index >= 15 is 0 Å². The van der Waals surface area contributed by atoms with Crippen LogP contribution >= 0.6 is 15.9 Å². The van der Waals surface area contributed by atoms with Crippen molar-refractivity contribution >= 4 is 33.8 Å². The Bertz CT molecular complexity index is 790. The first-order valence-corrected chi connectivity index (χ1v) is 6.21. The van der Waals surface area contributed by atoms with Crippen molar-refractivity contribution in [2.75, 3.05) is 0 Å². The molecule has 0 radical (unpaired) electrons. The van der Waals surface area contributed by atoms with Crippen LogP contribution in [0, 0.1) is 10.1 Å². The first-order chi connectivity index (χ1) is 9.47. The third-order valence-electron chi connectivity index (χ3n) is 2.44. The fourth-order valence-corrected chi connectivity index (χ4v) is 1.82. The number of nitro groups is 1. The first kappa shape index (κ1) is 13.9. The lowest BCUT2D eigenvalue weighted by molar-refractivity contribution is -0.386. The Balaban J connectivity index is 2.48. The summed E-state index contributed by atoms with van der Waals surface area (Å²) in [7, 11) is 0. The van der Waals surface area contributed by atoms with Crippen molar-refractivity contribution in [2.45, 2.75) is 0 Å². The van der Waals surface area contributed by atoms with Crippen LogP contribution in [0.15, 0.2) is 38.3 Å². The topological polar surface area (TPSA) is 109 Å².